The van der Waals surface area contributed by atoms with Gasteiger partial charge < -0.3 is 9.64 Å². The first kappa shape index (κ1) is 21.0. The summed E-state index contributed by atoms with van der Waals surface area (Å²) in [5.74, 6) is 0.702. The highest BCUT2D eigenvalue weighted by atomic mass is 35.5. The number of rotatable bonds is 5. The second-order valence-electron chi connectivity index (χ2n) is 7.37. The zero-order valence-corrected chi connectivity index (χ0v) is 18.7. The SMILES string of the molecule is CCOc1ccc(S(=O)(=O)N2CCN(c3ccc(C)c(Cl)c3)CC2)c2ccccc12. The molecule has 0 unspecified atom stereocenters. The van der Waals surface area contributed by atoms with Crippen molar-refractivity contribution in [1.29, 1.82) is 0 Å². The normalized spacial score (nSPS) is 15.5. The molecule has 0 radical (unpaired) electrons. The predicted octanol–water partition coefficient (Wildman–Crippen LogP) is 4.71. The lowest BCUT2D eigenvalue weighted by Crippen LogP contribution is -2.48. The summed E-state index contributed by atoms with van der Waals surface area (Å²) in [6.07, 6.45) is 0. The van der Waals surface area contributed by atoms with Crippen LogP contribution in [0, 0.1) is 6.92 Å². The molecule has 30 heavy (non-hydrogen) atoms. The van der Waals surface area contributed by atoms with Gasteiger partial charge in [-0.05, 0) is 43.7 Å². The van der Waals surface area contributed by atoms with Crippen molar-refractivity contribution >= 4 is 38.1 Å². The fourth-order valence-corrected chi connectivity index (χ4v) is 5.65. The number of fused-ring (bicyclic) bond motifs is 1. The second-order valence-corrected chi connectivity index (χ2v) is 9.68. The largest absolute Gasteiger partial charge is 0.493 e. The van der Waals surface area contributed by atoms with Crippen molar-refractivity contribution < 1.29 is 13.2 Å². The molecule has 158 valence electrons. The molecule has 0 aromatic heterocycles. The van der Waals surface area contributed by atoms with Gasteiger partial charge in [-0.2, -0.15) is 4.31 Å². The van der Waals surface area contributed by atoms with Gasteiger partial charge in [-0.1, -0.05) is 41.9 Å². The van der Waals surface area contributed by atoms with Crippen LogP contribution in [-0.4, -0.2) is 45.5 Å². The maximum atomic E-state index is 13.5. The Kier molecular flexibility index (Phi) is 5.91. The Morgan fingerprint density at radius 1 is 0.967 bits per heavy atom. The molecular weight excluding hydrogens is 420 g/mol. The summed E-state index contributed by atoms with van der Waals surface area (Å²) in [7, 11) is -3.62. The summed E-state index contributed by atoms with van der Waals surface area (Å²) in [5.41, 5.74) is 2.05. The third-order valence-electron chi connectivity index (χ3n) is 5.52. The quantitative estimate of drug-likeness (QED) is 0.571. The van der Waals surface area contributed by atoms with Crippen LogP contribution in [0.5, 0.6) is 5.75 Å². The van der Waals surface area contributed by atoms with Gasteiger partial charge in [0.15, 0.2) is 0 Å². The van der Waals surface area contributed by atoms with E-state index in [1.807, 2.05) is 56.3 Å². The van der Waals surface area contributed by atoms with Crippen LogP contribution in [0.3, 0.4) is 0 Å². The lowest BCUT2D eigenvalue weighted by Gasteiger charge is -2.35. The molecule has 1 saturated heterocycles. The van der Waals surface area contributed by atoms with Gasteiger partial charge >= 0.3 is 0 Å². The van der Waals surface area contributed by atoms with Crippen LogP contribution in [0.25, 0.3) is 10.8 Å². The maximum Gasteiger partial charge on any atom is 0.243 e. The molecule has 3 aromatic carbocycles. The van der Waals surface area contributed by atoms with E-state index in [0.29, 0.717) is 48.8 Å². The number of benzene rings is 3. The van der Waals surface area contributed by atoms with Crippen LogP contribution in [0.4, 0.5) is 5.69 Å². The summed E-state index contributed by atoms with van der Waals surface area (Å²) in [6.45, 7) is 6.50. The number of nitrogens with zero attached hydrogens (tertiary/aromatic N) is 2. The number of piperazine rings is 1. The number of sulfonamides is 1. The van der Waals surface area contributed by atoms with Crippen molar-refractivity contribution in [1.82, 2.24) is 4.31 Å². The molecular formula is C23H25ClN2O3S. The first-order chi connectivity index (χ1) is 14.4. The number of hydrogen-bond donors (Lipinski definition) is 0. The molecule has 1 heterocycles. The predicted molar refractivity (Wildman–Crippen MR) is 122 cm³/mol. The third-order valence-corrected chi connectivity index (χ3v) is 7.88. The van der Waals surface area contributed by atoms with Crippen LogP contribution in [0.2, 0.25) is 5.02 Å². The maximum absolute atomic E-state index is 13.5. The number of anilines is 1. The zero-order chi connectivity index (χ0) is 21.3. The second kappa shape index (κ2) is 8.46. The third kappa shape index (κ3) is 3.87. The van der Waals surface area contributed by atoms with Crippen molar-refractivity contribution in [3.63, 3.8) is 0 Å². The van der Waals surface area contributed by atoms with E-state index in [4.69, 9.17) is 16.3 Å². The summed E-state index contributed by atoms with van der Waals surface area (Å²) in [6, 6.07) is 16.9. The number of halogens is 1. The molecule has 1 aliphatic heterocycles. The van der Waals surface area contributed by atoms with E-state index in [0.717, 1.165) is 21.7 Å². The highest BCUT2D eigenvalue weighted by Crippen LogP contribution is 2.33. The van der Waals surface area contributed by atoms with Gasteiger partial charge in [0, 0.05) is 47.7 Å². The number of hydrogen-bond acceptors (Lipinski definition) is 4. The lowest BCUT2D eigenvalue weighted by molar-refractivity contribution is 0.344. The van der Waals surface area contributed by atoms with E-state index in [2.05, 4.69) is 4.90 Å². The van der Waals surface area contributed by atoms with E-state index < -0.39 is 10.0 Å². The van der Waals surface area contributed by atoms with Gasteiger partial charge in [-0.15, -0.1) is 0 Å². The Bertz CT molecular complexity index is 1170. The number of aryl methyl sites for hydroxylation is 1. The standard InChI is InChI=1S/C23H25ClN2O3S/c1-3-29-22-10-11-23(20-7-5-4-6-19(20)22)30(27,28)26-14-12-25(13-15-26)18-9-8-17(2)21(24)16-18/h4-11,16H,3,12-15H2,1-2H3. The van der Waals surface area contributed by atoms with E-state index >= 15 is 0 Å². The fourth-order valence-electron chi connectivity index (χ4n) is 3.85. The minimum Gasteiger partial charge on any atom is -0.493 e. The molecule has 4 rings (SSSR count). The zero-order valence-electron chi connectivity index (χ0n) is 17.1. The van der Waals surface area contributed by atoms with Gasteiger partial charge in [-0.3, -0.25) is 0 Å². The van der Waals surface area contributed by atoms with Crippen molar-refractivity contribution in [3.8, 4) is 5.75 Å². The molecule has 0 N–H and O–H groups in total. The van der Waals surface area contributed by atoms with Crippen molar-refractivity contribution in [2.75, 3.05) is 37.7 Å². The van der Waals surface area contributed by atoms with Crippen LogP contribution >= 0.6 is 11.6 Å². The molecule has 1 fully saturated rings. The minimum atomic E-state index is -3.62. The van der Waals surface area contributed by atoms with E-state index in [9.17, 15) is 8.42 Å². The highest BCUT2D eigenvalue weighted by Gasteiger charge is 2.30. The lowest BCUT2D eigenvalue weighted by atomic mass is 10.1. The number of ether oxygens (including phenoxy) is 1. The Morgan fingerprint density at radius 3 is 2.33 bits per heavy atom. The fraction of sp³-hybridized carbons (Fsp3) is 0.304. The molecule has 5 nitrogen and oxygen atoms in total. The Labute approximate surface area is 182 Å². The van der Waals surface area contributed by atoms with Crippen LogP contribution in [0.1, 0.15) is 12.5 Å². The summed E-state index contributed by atoms with van der Waals surface area (Å²) < 4.78 is 34.2. The molecule has 3 aromatic rings. The van der Waals surface area contributed by atoms with Gasteiger partial charge in [0.25, 0.3) is 0 Å². The van der Waals surface area contributed by atoms with Crippen molar-refractivity contribution in [2.45, 2.75) is 18.7 Å². The topological polar surface area (TPSA) is 49.9 Å². The molecule has 1 aliphatic rings. The average Bonchev–Trinajstić information content (AvgIpc) is 2.76. The molecule has 0 bridgehead atoms. The first-order valence-corrected chi connectivity index (χ1v) is 11.9. The van der Waals surface area contributed by atoms with E-state index in [-0.39, 0.29) is 0 Å². The first-order valence-electron chi connectivity index (χ1n) is 10.1. The highest BCUT2D eigenvalue weighted by molar-refractivity contribution is 7.89. The Morgan fingerprint density at radius 2 is 1.67 bits per heavy atom. The van der Waals surface area contributed by atoms with E-state index in [1.165, 1.54) is 0 Å². The van der Waals surface area contributed by atoms with Crippen LogP contribution < -0.4 is 9.64 Å². The molecule has 0 atom stereocenters. The Balaban J connectivity index is 1.59. The average molecular weight is 445 g/mol. The minimum absolute atomic E-state index is 0.327. The summed E-state index contributed by atoms with van der Waals surface area (Å²) >= 11 is 6.26. The van der Waals surface area contributed by atoms with E-state index in [1.54, 1.807) is 16.4 Å². The van der Waals surface area contributed by atoms with Gasteiger partial charge in [-0.25, -0.2) is 8.42 Å². The van der Waals surface area contributed by atoms with Crippen molar-refractivity contribution in [3.05, 3.63) is 65.2 Å². The molecule has 0 saturated carbocycles. The molecule has 0 aliphatic carbocycles. The Hall–Kier alpha value is -2.28. The molecule has 0 spiro atoms. The molecule has 7 heteroatoms. The smallest absolute Gasteiger partial charge is 0.243 e. The van der Waals surface area contributed by atoms with Crippen LogP contribution in [0.15, 0.2) is 59.5 Å². The van der Waals surface area contributed by atoms with Gasteiger partial charge in [0.05, 0.1) is 11.5 Å². The van der Waals surface area contributed by atoms with Crippen LogP contribution in [-0.2, 0) is 10.0 Å². The monoisotopic (exact) mass is 444 g/mol. The van der Waals surface area contributed by atoms with Gasteiger partial charge in [0.2, 0.25) is 10.0 Å². The summed E-state index contributed by atoms with van der Waals surface area (Å²) in [5, 5.41) is 2.23. The molecule has 0 amide bonds. The van der Waals surface area contributed by atoms with Crippen molar-refractivity contribution in [2.24, 2.45) is 0 Å². The summed E-state index contributed by atoms with van der Waals surface area (Å²) in [4.78, 5) is 2.50. The van der Waals surface area contributed by atoms with Gasteiger partial charge in [0.1, 0.15) is 5.75 Å².